The minimum atomic E-state index is 0.750. The number of fused-ring (bicyclic) bond motifs is 1. The van der Waals surface area contributed by atoms with Crippen LogP contribution in [0.2, 0.25) is 0 Å². The summed E-state index contributed by atoms with van der Waals surface area (Å²) in [6.07, 6.45) is 0. The van der Waals surface area contributed by atoms with Crippen LogP contribution in [0.4, 0.5) is 11.5 Å². The van der Waals surface area contributed by atoms with Crippen molar-refractivity contribution < 1.29 is 0 Å². The minimum Gasteiger partial charge on any atom is -0.280 e. The molecule has 0 aliphatic carbocycles. The molecule has 2 heterocycles. The highest BCUT2D eigenvalue weighted by atomic mass is 15.2. The predicted octanol–water partition coefficient (Wildman–Crippen LogP) is 6.03. The zero-order valence-electron chi connectivity index (χ0n) is 14.2. The molecule has 4 aromatic rings. The first kappa shape index (κ1) is 15.3. The number of rotatable bonds is 3. The van der Waals surface area contributed by atoms with E-state index in [1.165, 1.54) is 5.56 Å². The first-order valence-electron chi connectivity index (χ1n) is 8.24. The van der Waals surface area contributed by atoms with Crippen molar-refractivity contribution in [1.82, 2.24) is 9.38 Å². The third-order valence-corrected chi connectivity index (χ3v) is 4.16. The monoisotopic (exact) mass is 326 g/mol. The van der Waals surface area contributed by atoms with Gasteiger partial charge in [0, 0.05) is 11.3 Å². The number of azo groups is 1. The summed E-state index contributed by atoms with van der Waals surface area (Å²) < 4.78 is 2.04. The van der Waals surface area contributed by atoms with E-state index >= 15 is 0 Å². The molecule has 0 unspecified atom stereocenters. The van der Waals surface area contributed by atoms with Gasteiger partial charge in [0.25, 0.3) is 0 Å². The van der Waals surface area contributed by atoms with Gasteiger partial charge in [0.05, 0.1) is 5.69 Å². The number of hydrogen-bond donors (Lipinski definition) is 0. The van der Waals surface area contributed by atoms with E-state index in [9.17, 15) is 0 Å². The van der Waals surface area contributed by atoms with E-state index < -0.39 is 0 Å². The van der Waals surface area contributed by atoms with Crippen molar-refractivity contribution in [3.63, 3.8) is 0 Å². The number of nitrogens with zero attached hydrogens (tertiary/aromatic N) is 4. The van der Waals surface area contributed by atoms with E-state index in [-0.39, 0.29) is 0 Å². The molecule has 0 fully saturated rings. The number of imidazole rings is 1. The molecule has 0 N–H and O–H groups in total. The maximum atomic E-state index is 4.78. The van der Waals surface area contributed by atoms with Gasteiger partial charge in [-0.25, -0.2) is 4.98 Å². The molecule has 0 atom stereocenters. The van der Waals surface area contributed by atoms with Gasteiger partial charge in [-0.3, -0.25) is 4.40 Å². The fraction of sp³-hybridized carbons (Fsp3) is 0.0952. The number of hydrogen-bond acceptors (Lipinski definition) is 3. The summed E-state index contributed by atoms with van der Waals surface area (Å²) in [4.78, 5) is 4.78. The number of benzene rings is 2. The average molecular weight is 326 g/mol. The fourth-order valence-electron chi connectivity index (χ4n) is 2.83. The Bertz CT molecular complexity index is 1040. The molecular weight excluding hydrogens is 308 g/mol. The Morgan fingerprint density at radius 1 is 0.760 bits per heavy atom. The van der Waals surface area contributed by atoms with Crippen molar-refractivity contribution >= 4 is 17.2 Å². The van der Waals surface area contributed by atoms with Crippen LogP contribution in [0.5, 0.6) is 0 Å². The second-order valence-corrected chi connectivity index (χ2v) is 6.05. The average Bonchev–Trinajstić information content (AvgIpc) is 3.02. The summed E-state index contributed by atoms with van der Waals surface area (Å²) in [5.41, 5.74) is 5.85. The Hall–Kier alpha value is -3.27. The molecule has 0 radical (unpaired) electrons. The Balaban J connectivity index is 1.89. The van der Waals surface area contributed by atoms with E-state index in [0.29, 0.717) is 0 Å². The van der Waals surface area contributed by atoms with Crippen LogP contribution in [-0.4, -0.2) is 9.38 Å². The highest BCUT2D eigenvalue weighted by Gasteiger charge is 2.15. The number of aryl methyl sites for hydroxylation is 2. The molecule has 0 saturated heterocycles. The van der Waals surface area contributed by atoms with Gasteiger partial charge >= 0.3 is 0 Å². The lowest BCUT2D eigenvalue weighted by Gasteiger charge is -2.02. The molecule has 0 spiro atoms. The third kappa shape index (κ3) is 2.94. The molecule has 0 bridgehead atoms. The SMILES string of the molecule is Cc1ccc(N=Nc2c(-c3ccccc3)nc3cccc(C)n23)cc1. The van der Waals surface area contributed by atoms with Gasteiger partial charge in [-0.15, -0.1) is 10.2 Å². The van der Waals surface area contributed by atoms with Crippen molar-refractivity contribution in [2.75, 3.05) is 0 Å². The molecular formula is C21H18N4. The molecule has 0 amide bonds. The summed E-state index contributed by atoms with van der Waals surface area (Å²) in [6, 6.07) is 24.2. The topological polar surface area (TPSA) is 42.0 Å². The van der Waals surface area contributed by atoms with Crippen LogP contribution in [0.25, 0.3) is 16.9 Å². The Labute approximate surface area is 146 Å². The normalized spacial score (nSPS) is 11.4. The zero-order valence-corrected chi connectivity index (χ0v) is 14.2. The second kappa shape index (κ2) is 6.32. The van der Waals surface area contributed by atoms with Crippen LogP contribution in [0.3, 0.4) is 0 Å². The highest BCUT2D eigenvalue weighted by Crippen LogP contribution is 2.33. The molecule has 0 aliphatic rings. The van der Waals surface area contributed by atoms with Crippen molar-refractivity contribution in [2.24, 2.45) is 10.2 Å². The van der Waals surface area contributed by atoms with Gasteiger partial charge < -0.3 is 0 Å². The van der Waals surface area contributed by atoms with E-state index in [4.69, 9.17) is 4.98 Å². The van der Waals surface area contributed by atoms with Crippen molar-refractivity contribution in [2.45, 2.75) is 13.8 Å². The Morgan fingerprint density at radius 3 is 2.28 bits per heavy atom. The summed E-state index contributed by atoms with van der Waals surface area (Å²) >= 11 is 0. The molecule has 4 heteroatoms. The van der Waals surface area contributed by atoms with Crippen LogP contribution in [0.1, 0.15) is 11.3 Å². The molecule has 0 aliphatic heterocycles. The standard InChI is InChI=1S/C21H18N4/c1-15-11-13-18(14-12-15)23-24-21-20(17-8-4-3-5-9-17)22-19-10-6-7-16(2)25(19)21/h3-14H,1-2H3. The smallest absolute Gasteiger partial charge is 0.187 e. The molecule has 122 valence electrons. The van der Waals surface area contributed by atoms with Crippen LogP contribution in [0, 0.1) is 13.8 Å². The van der Waals surface area contributed by atoms with Crippen LogP contribution < -0.4 is 0 Å². The van der Waals surface area contributed by atoms with E-state index in [2.05, 4.69) is 17.2 Å². The molecule has 2 aromatic carbocycles. The third-order valence-electron chi connectivity index (χ3n) is 4.16. The Morgan fingerprint density at radius 2 is 1.52 bits per heavy atom. The second-order valence-electron chi connectivity index (χ2n) is 6.05. The van der Waals surface area contributed by atoms with Crippen LogP contribution in [0.15, 0.2) is 83.0 Å². The van der Waals surface area contributed by atoms with Crippen LogP contribution >= 0.6 is 0 Å². The zero-order chi connectivity index (χ0) is 17.2. The lowest BCUT2D eigenvalue weighted by atomic mass is 10.1. The van der Waals surface area contributed by atoms with E-state index in [1.807, 2.05) is 84.1 Å². The van der Waals surface area contributed by atoms with Crippen molar-refractivity contribution in [3.8, 4) is 11.3 Å². The van der Waals surface area contributed by atoms with Crippen molar-refractivity contribution in [3.05, 3.63) is 84.1 Å². The lowest BCUT2D eigenvalue weighted by molar-refractivity contribution is 1.05. The van der Waals surface area contributed by atoms with E-state index in [0.717, 1.165) is 34.1 Å². The maximum Gasteiger partial charge on any atom is 0.187 e. The quantitative estimate of drug-likeness (QED) is 0.424. The first-order valence-corrected chi connectivity index (χ1v) is 8.24. The summed E-state index contributed by atoms with van der Waals surface area (Å²) in [5.74, 6) is 0.750. The van der Waals surface area contributed by atoms with Gasteiger partial charge in [0.1, 0.15) is 11.3 Å². The summed E-state index contributed by atoms with van der Waals surface area (Å²) in [5, 5.41) is 8.99. The Kier molecular flexibility index (Phi) is 3.86. The number of aromatic nitrogens is 2. The summed E-state index contributed by atoms with van der Waals surface area (Å²) in [6.45, 7) is 4.11. The van der Waals surface area contributed by atoms with Gasteiger partial charge in [-0.1, -0.05) is 54.1 Å². The fourth-order valence-corrected chi connectivity index (χ4v) is 2.83. The molecule has 4 nitrogen and oxygen atoms in total. The molecule has 25 heavy (non-hydrogen) atoms. The van der Waals surface area contributed by atoms with E-state index in [1.54, 1.807) is 0 Å². The van der Waals surface area contributed by atoms with Crippen molar-refractivity contribution in [1.29, 1.82) is 0 Å². The first-order chi connectivity index (χ1) is 12.2. The van der Waals surface area contributed by atoms with Gasteiger partial charge in [0.15, 0.2) is 5.82 Å². The highest BCUT2D eigenvalue weighted by molar-refractivity contribution is 5.74. The molecule has 0 saturated carbocycles. The summed E-state index contributed by atoms with van der Waals surface area (Å²) in [7, 11) is 0. The van der Waals surface area contributed by atoms with Gasteiger partial charge in [0.2, 0.25) is 0 Å². The molecule has 2 aromatic heterocycles. The van der Waals surface area contributed by atoms with Crippen LogP contribution in [-0.2, 0) is 0 Å². The largest absolute Gasteiger partial charge is 0.280 e. The lowest BCUT2D eigenvalue weighted by Crippen LogP contribution is -1.89. The minimum absolute atomic E-state index is 0.750. The van der Waals surface area contributed by atoms with Gasteiger partial charge in [-0.2, -0.15) is 0 Å². The predicted molar refractivity (Wildman–Crippen MR) is 101 cm³/mol. The van der Waals surface area contributed by atoms with Gasteiger partial charge in [-0.05, 0) is 38.1 Å². The maximum absolute atomic E-state index is 4.78. The molecule has 4 rings (SSSR count). The number of pyridine rings is 1.